The number of ether oxygens (including phenoxy) is 2. The Morgan fingerprint density at radius 2 is 1.88 bits per heavy atom. The van der Waals surface area contributed by atoms with Gasteiger partial charge in [0.15, 0.2) is 11.6 Å². The molecule has 1 aromatic carbocycles. The normalized spacial score (nSPS) is 24.5. The lowest BCUT2D eigenvalue weighted by atomic mass is 10.1. The number of halogens is 1. The smallest absolute Gasteiger partial charge is 0.166 e. The van der Waals surface area contributed by atoms with Gasteiger partial charge in [-0.3, -0.25) is 9.80 Å². The number of fused-ring (bicyclic) bond motifs is 2. The summed E-state index contributed by atoms with van der Waals surface area (Å²) in [5, 5.41) is 8.75. The number of rotatable bonds is 6. The molecule has 2 unspecified atom stereocenters. The molecule has 6 heteroatoms. The number of hydrogen-bond acceptors (Lipinski definition) is 5. The van der Waals surface area contributed by atoms with E-state index in [4.69, 9.17) is 14.7 Å². The molecule has 2 aliphatic heterocycles. The van der Waals surface area contributed by atoms with E-state index in [1.54, 1.807) is 6.07 Å². The quantitative estimate of drug-likeness (QED) is 0.795. The van der Waals surface area contributed by atoms with Crippen LogP contribution < -0.4 is 4.74 Å². The lowest BCUT2D eigenvalue weighted by Crippen LogP contribution is -2.59. The molecule has 0 amide bonds. The summed E-state index contributed by atoms with van der Waals surface area (Å²) in [6.07, 6.45) is 1.69. The van der Waals surface area contributed by atoms with Gasteiger partial charge in [-0.2, -0.15) is 5.26 Å². The van der Waals surface area contributed by atoms with Gasteiger partial charge in [0.2, 0.25) is 0 Å². The monoisotopic (exact) mass is 333 g/mol. The average molecular weight is 333 g/mol. The van der Waals surface area contributed by atoms with Gasteiger partial charge in [0, 0.05) is 32.7 Å². The Morgan fingerprint density at radius 3 is 2.46 bits per heavy atom. The van der Waals surface area contributed by atoms with Gasteiger partial charge in [0.25, 0.3) is 0 Å². The maximum absolute atomic E-state index is 13.8. The van der Waals surface area contributed by atoms with Crippen LogP contribution in [0.3, 0.4) is 0 Å². The van der Waals surface area contributed by atoms with Gasteiger partial charge in [-0.05, 0) is 31.2 Å². The van der Waals surface area contributed by atoms with Gasteiger partial charge in [-0.25, -0.2) is 4.39 Å². The Hall–Kier alpha value is -1.68. The Morgan fingerprint density at radius 1 is 1.21 bits per heavy atom. The van der Waals surface area contributed by atoms with Gasteiger partial charge in [0.1, 0.15) is 6.61 Å². The summed E-state index contributed by atoms with van der Waals surface area (Å²) in [5.74, 6) is -0.278. The first-order valence-corrected chi connectivity index (χ1v) is 8.60. The standard InChI is InChI=1S/C18H24FN3O2/c1-2-5-21-10-15-12-22(13-16(11-21)24-15)6-7-23-18-4-3-14(9-20)8-17(18)19/h3-4,8,15-16H,2,5-7,10-13H2,1H3. The number of morpholine rings is 2. The fraction of sp³-hybridized carbons (Fsp3) is 0.611. The van der Waals surface area contributed by atoms with E-state index in [-0.39, 0.29) is 18.0 Å². The molecular weight excluding hydrogens is 309 g/mol. The first-order valence-electron chi connectivity index (χ1n) is 8.60. The van der Waals surface area contributed by atoms with Crippen LogP contribution in [0, 0.1) is 17.1 Å². The number of hydrogen-bond donors (Lipinski definition) is 0. The number of nitrogens with zero attached hydrogens (tertiary/aromatic N) is 3. The van der Waals surface area contributed by atoms with Crippen molar-refractivity contribution in [3.63, 3.8) is 0 Å². The first-order chi connectivity index (χ1) is 11.7. The highest BCUT2D eigenvalue weighted by Gasteiger charge is 2.34. The summed E-state index contributed by atoms with van der Waals surface area (Å²) in [5.41, 5.74) is 0.303. The van der Waals surface area contributed by atoms with E-state index in [1.165, 1.54) is 18.6 Å². The Kier molecular flexibility index (Phi) is 5.67. The molecule has 24 heavy (non-hydrogen) atoms. The molecular formula is C18H24FN3O2. The molecule has 2 fully saturated rings. The molecule has 0 aliphatic carbocycles. The fourth-order valence-electron chi connectivity index (χ4n) is 3.51. The van der Waals surface area contributed by atoms with Crippen LogP contribution in [-0.4, -0.2) is 67.9 Å². The van der Waals surface area contributed by atoms with Crippen molar-refractivity contribution >= 4 is 0 Å². The van der Waals surface area contributed by atoms with Crippen LogP contribution in [0.25, 0.3) is 0 Å². The Labute approximate surface area is 142 Å². The van der Waals surface area contributed by atoms with Crippen molar-refractivity contribution in [3.05, 3.63) is 29.6 Å². The molecule has 2 bridgehead atoms. The van der Waals surface area contributed by atoms with E-state index >= 15 is 0 Å². The van der Waals surface area contributed by atoms with E-state index in [2.05, 4.69) is 16.7 Å². The highest BCUT2D eigenvalue weighted by molar-refractivity contribution is 5.35. The SMILES string of the molecule is CCCN1CC2CN(CCOc3ccc(C#N)cc3F)CC(C1)O2. The predicted octanol–water partition coefficient (Wildman–Crippen LogP) is 1.87. The minimum Gasteiger partial charge on any atom is -0.489 e. The summed E-state index contributed by atoms with van der Waals surface area (Å²) in [4.78, 5) is 4.82. The van der Waals surface area contributed by atoms with Crippen LogP contribution in [-0.2, 0) is 4.74 Å². The van der Waals surface area contributed by atoms with Gasteiger partial charge < -0.3 is 9.47 Å². The highest BCUT2D eigenvalue weighted by atomic mass is 19.1. The maximum Gasteiger partial charge on any atom is 0.166 e. The van der Waals surface area contributed by atoms with Gasteiger partial charge in [-0.15, -0.1) is 0 Å². The molecule has 0 N–H and O–H groups in total. The second-order valence-corrected chi connectivity index (χ2v) is 6.50. The van der Waals surface area contributed by atoms with E-state index < -0.39 is 5.82 Å². The largest absolute Gasteiger partial charge is 0.489 e. The molecule has 0 spiro atoms. The van der Waals surface area contributed by atoms with E-state index in [0.29, 0.717) is 12.2 Å². The lowest BCUT2D eigenvalue weighted by Gasteiger charge is -2.45. The molecule has 0 aromatic heterocycles. The first kappa shape index (κ1) is 17.2. The van der Waals surface area contributed by atoms with Crippen LogP contribution in [0.4, 0.5) is 4.39 Å². The third-order valence-electron chi connectivity index (χ3n) is 4.50. The number of nitriles is 1. The molecule has 0 saturated carbocycles. The zero-order valence-corrected chi connectivity index (χ0v) is 14.1. The van der Waals surface area contributed by atoms with Crippen LogP contribution in [0.15, 0.2) is 18.2 Å². The van der Waals surface area contributed by atoms with Crippen LogP contribution in [0.5, 0.6) is 5.75 Å². The molecule has 5 nitrogen and oxygen atoms in total. The van der Waals surface area contributed by atoms with Crippen molar-refractivity contribution in [1.82, 2.24) is 9.80 Å². The molecule has 2 heterocycles. The maximum atomic E-state index is 13.8. The summed E-state index contributed by atoms with van der Waals surface area (Å²) in [6.45, 7) is 8.31. The zero-order chi connectivity index (χ0) is 16.9. The van der Waals surface area contributed by atoms with Crippen molar-refractivity contribution in [2.24, 2.45) is 0 Å². The van der Waals surface area contributed by atoms with E-state index in [1.807, 2.05) is 6.07 Å². The van der Waals surface area contributed by atoms with Crippen molar-refractivity contribution in [3.8, 4) is 11.8 Å². The van der Waals surface area contributed by atoms with Gasteiger partial charge in [-0.1, -0.05) is 6.92 Å². The predicted molar refractivity (Wildman–Crippen MR) is 88.4 cm³/mol. The summed E-state index contributed by atoms with van der Waals surface area (Å²) in [7, 11) is 0. The molecule has 2 saturated heterocycles. The van der Waals surface area contributed by atoms with Gasteiger partial charge in [0.05, 0.1) is 23.8 Å². The third-order valence-corrected chi connectivity index (χ3v) is 4.50. The van der Waals surface area contributed by atoms with Crippen LogP contribution in [0.2, 0.25) is 0 Å². The minimum absolute atomic E-state index is 0.205. The zero-order valence-electron chi connectivity index (χ0n) is 14.1. The summed E-state index contributed by atoms with van der Waals surface area (Å²) in [6, 6.07) is 6.21. The fourth-order valence-corrected chi connectivity index (χ4v) is 3.51. The second kappa shape index (κ2) is 7.93. The molecule has 130 valence electrons. The van der Waals surface area contributed by atoms with Crippen LogP contribution in [0.1, 0.15) is 18.9 Å². The van der Waals surface area contributed by atoms with Gasteiger partial charge >= 0.3 is 0 Å². The second-order valence-electron chi connectivity index (χ2n) is 6.50. The molecule has 2 atom stereocenters. The summed E-state index contributed by atoms with van der Waals surface area (Å²) >= 11 is 0. The minimum atomic E-state index is -0.483. The van der Waals surface area contributed by atoms with Crippen molar-refractivity contribution in [2.75, 3.05) is 45.9 Å². The Bertz CT molecular complexity index is 590. The van der Waals surface area contributed by atoms with Crippen LogP contribution >= 0.6 is 0 Å². The topological polar surface area (TPSA) is 48.7 Å². The average Bonchev–Trinajstić information content (AvgIpc) is 2.56. The highest BCUT2D eigenvalue weighted by Crippen LogP contribution is 2.20. The molecule has 1 aromatic rings. The molecule has 0 radical (unpaired) electrons. The summed E-state index contributed by atoms with van der Waals surface area (Å²) < 4.78 is 25.4. The Balaban J connectivity index is 1.46. The van der Waals surface area contributed by atoms with Crippen molar-refractivity contribution < 1.29 is 13.9 Å². The molecule has 2 aliphatic rings. The molecule has 3 rings (SSSR count). The third kappa shape index (κ3) is 4.23. The number of benzene rings is 1. The van der Waals surface area contributed by atoms with Crippen molar-refractivity contribution in [1.29, 1.82) is 5.26 Å². The van der Waals surface area contributed by atoms with E-state index in [9.17, 15) is 4.39 Å². The van der Waals surface area contributed by atoms with E-state index in [0.717, 1.165) is 39.3 Å². The van der Waals surface area contributed by atoms with Crippen molar-refractivity contribution in [2.45, 2.75) is 25.6 Å². The lowest BCUT2D eigenvalue weighted by molar-refractivity contribution is -0.139.